The van der Waals surface area contributed by atoms with E-state index >= 15 is 0 Å². The molecule has 5 rings (SSSR count). The smallest absolute Gasteiger partial charge is 0.184 e. The highest BCUT2D eigenvalue weighted by molar-refractivity contribution is 7.80. The number of rotatable bonds is 4. The molecule has 0 unspecified atom stereocenters. The summed E-state index contributed by atoms with van der Waals surface area (Å²) < 4.78 is 1.84. The molecule has 1 fully saturated rings. The molecule has 1 N–H and O–H groups in total. The SMILES string of the molecule is Cc1ccc2c(c1)cc(CN(C(=S)Nc1ccccc1C)C1CCCC1)c1nnnn12. The van der Waals surface area contributed by atoms with Crippen molar-refractivity contribution in [3.63, 3.8) is 0 Å². The first-order valence-corrected chi connectivity index (χ1v) is 11.2. The lowest BCUT2D eigenvalue weighted by molar-refractivity contribution is 0.313. The second-order valence-electron chi connectivity index (χ2n) is 8.46. The summed E-state index contributed by atoms with van der Waals surface area (Å²) in [5, 5.41) is 17.9. The molecule has 0 bridgehead atoms. The monoisotopic (exact) mass is 430 g/mol. The van der Waals surface area contributed by atoms with Crippen LogP contribution in [0.2, 0.25) is 0 Å². The topological polar surface area (TPSA) is 58.3 Å². The second kappa shape index (κ2) is 8.23. The normalized spacial score (nSPS) is 14.4. The van der Waals surface area contributed by atoms with Crippen LogP contribution in [0.4, 0.5) is 5.69 Å². The van der Waals surface area contributed by atoms with Gasteiger partial charge in [-0.25, -0.2) is 0 Å². The van der Waals surface area contributed by atoms with Crippen LogP contribution in [0.5, 0.6) is 0 Å². The molecule has 0 radical (unpaired) electrons. The first-order valence-electron chi connectivity index (χ1n) is 10.8. The van der Waals surface area contributed by atoms with Crippen LogP contribution in [0.3, 0.4) is 0 Å². The Bertz CT molecular complexity index is 1260. The van der Waals surface area contributed by atoms with Crippen molar-refractivity contribution >= 4 is 39.6 Å². The Morgan fingerprint density at radius 3 is 2.74 bits per heavy atom. The number of benzene rings is 2. The highest BCUT2D eigenvalue weighted by Crippen LogP contribution is 2.28. The minimum absolute atomic E-state index is 0.424. The van der Waals surface area contributed by atoms with Gasteiger partial charge >= 0.3 is 0 Å². The van der Waals surface area contributed by atoms with E-state index in [0.29, 0.717) is 12.6 Å². The lowest BCUT2D eigenvalue weighted by Gasteiger charge is -2.32. The zero-order chi connectivity index (χ0) is 21.4. The van der Waals surface area contributed by atoms with Gasteiger partial charge in [-0.2, -0.15) is 4.52 Å². The number of pyridine rings is 1. The van der Waals surface area contributed by atoms with Crippen LogP contribution in [0.15, 0.2) is 48.5 Å². The first kappa shape index (κ1) is 19.9. The Balaban J connectivity index is 1.53. The van der Waals surface area contributed by atoms with Crippen LogP contribution in [0.25, 0.3) is 16.6 Å². The number of nitrogens with one attached hydrogen (secondary N) is 1. The molecule has 31 heavy (non-hydrogen) atoms. The van der Waals surface area contributed by atoms with E-state index in [2.05, 4.69) is 76.0 Å². The molecule has 0 spiro atoms. The lowest BCUT2D eigenvalue weighted by Crippen LogP contribution is -2.41. The number of thiocarbonyl (C=S) groups is 1. The van der Waals surface area contributed by atoms with E-state index in [-0.39, 0.29) is 0 Å². The Kier molecular flexibility index (Phi) is 5.28. The number of aryl methyl sites for hydroxylation is 2. The molecular formula is C24H26N6S. The fourth-order valence-corrected chi connectivity index (χ4v) is 4.89. The van der Waals surface area contributed by atoms with Gasteiger partial charge in [0.1, 0.15) is 0 Å². The van der Waals surface area contributed by atoms with Crippen LogP contribution in [-0.4, -0.2) is 36.1 Å². The van der Waals surface area contributed by atoms with E-state index < -0.39 is 0 Å². The predicted molar refractivity (Wildman–Crippen MR) is 128 cm³/mol. The van der Waals surface area contributed by atoms with Gasteiger partial charge in [-0.3, -0.25) is 0 Å². The molecule has 0 aliphatic heterocycles. The average molecular weight is 431 g/mol. The molecule has 1 aliphatic rings. The summed E-state index contributed by atoms with van der Waals surface area (Å²) in [5.41, 5.74) is 6.35. The number of tetrazole rings is 1. The molecule has 2 heterocycles. The summed E-state index contributed by atoms with van der Waals surface area (Å²) in [6.45, 7) is 4.88. The quantitative estimate of drug-likeness (QED) is 0.458. The summed E-state index contributed by atoms with van der Waals surface area (Å²) in [6, 6.07) is 17.3. The molecule has 0 atom stereocenters. The largest absolute Gasteiger partial charge is 0.342 e. The maximum Gasteiger partial charge on any atom is 0.184 e. The molecular weight excluding hydrogens is 404 g/mol. The third-order valence-electron chi connectivity index (χ3n) is 6.25. The number of aromatic nitrogens is 4. The molecule has 4 aromatic rings. The third-order valence-corrected chi connectivity index (χ3v) is 6.59. The minimum atomic E-state index is 0.424. The summed E-state index contributed by atoms with van der Waals surface area (Å²) in [7, 11) is 0. The third kappa shape index (κ3) is 3.85. The average Bonchev–Trinajstić information content (AvgIpc) is 3.45. The van der Waals surface area contributed by atoms with Gasteiger partial charge in [0.2, 0.25) is 0 Å². The van der Waals surface area contributed by atoms with Gasteiger partial charge in [0, 0.05) is 29.2 Å². The molecule has 2 aromatic carbocycles. The lowest BCUT2D eigenvalue weighted by atomic mass is 10.1. The Morgan fingerprint density at radius 2 is 1.94 bits per heavy atom. The van der Waals surface area contributed by atoms with Gasteiger partial charge in [0.05, 0.1) is 5.52 Å². The standard InChI is InChI=1S/C24H26N6S/c1-16-11-12-22-18(13-16)14-19(23-26-27-28-30(22)23)15-29(20-8-4-5-9-20)24(31)25-21-10-6-3-7-17(21)2/h3,6-7,10-14,20H,4-5,8-9,15H2,1-2H3,(H,25,31). The minimum Gasteiger partial charge on any atom is -0.342 e. The van der Waals surface area contributed by atoms with E-state index in [9.17, 15) is 0 Å². The van der Waals surface area contributed by atoms with Crippen LogP contribution in [0.1, 0.15) is 42.4 Å². The highest BCUT2D eigenvalue weighted by Gasteiger charge is 2.26. The van der Waals surface area contributed by atoms with Gasteiger partial charge in [0.25, 0.3) is 0 Å². The second-order valence-corrected chi connectivity index (χ2v) is 8.84. The summed E-state index contributed by atoms with van der Waals surface area (Å²) in [5.74, 6) is 0. The summed E-state index contributed by atoms with van der Waals surface area (Å²) >= 11 is 5.93. The zero-order valence-electron chi connectivity index (χ0n) is 17.9. The summed E-state index contributed by atoms with van der Waals surface area (Å²) in [6.07, 6.45) is 4.80. The molecule has 158 valence electrons. The van der Waals surface area contributed by atoms with Gasteiger partial charge < -0.3 is 10.2 Å². The predicted octanol–water partition coefficient (Wildman–Crippen LogP) is 5.04. The Hall–Kier alpha value is -3.06. The van der Waals surface area contributed by atoms with Crippen LogP contribution >= 0.6 is 12.2 Å². The molecule has 0 saturated heterocycles. The van der Waals surface area contributed by atoms with Crippen molar-refractivity contribution in [1.82, 2.24) is 24.9 Å². The van der Waals surface area contributed by atoms with Crippen LogP contribution < -0.4 is 5.32 Å². The van der Waals surface area contributed by atoms with Gasteiger partial charge in [-0.1, -0.05) is 42.7 Å². The molecule has 0 amide bonds. The van der Waals surface area contributed by atoms with Crippen LogP contribution in [-0.2, 0) is 6.54 Å². The fraction of sp³-hybridized carbons (Fsp3) is 0.333. The fourth-order valence-electron chi connectivity index (χ4n) is 4.57. The van der Waals surface area contributed by atoms with Crippen LogP contribution in [0, 0.1) is 13.8 Å². The molecule has 7 heteroatoms. The molecule has 6 nitrogen and oxygen atoms in total. The van der Waals surface area contributed by atoms with E-state index in [0.717, 1.165) is 45.8 Å². The van der Waals surface area contributed by atoms with E-state index in [1.54, 1.807) is 0 Å². The number of hydrogen-bond acceptors (Lipinski definition) is 4. The van der Waals surface area contributed by atoms with E-state index in [4.69, 9.17) is 12.2 Å². The van der Waals surface area contributed by atoms with Gasteiger partial charge in [-0.15, -0.1) is 5.10 Å². The van der Waals surface area contributed by atoms with Crippen molar-refractivity contribution in [2.24, 2.45) is 0 Å². The van der Waals surface area contributed by atoms with Crippen molar-refractivity contribution in [2.45, 2.75) is 52.1 Å². The molecule has 1 aliphatic carbocycles. The first-order chi connectivity index (χ1) is 15.1. The van der Waals surface area contributed by atoms with Crippen molar-refractivity contribution in [3.8, 4) is 0 Å². The zero-order valence-corrected chi connectivity index (χ0v) is 18.7. The maximum absolute atomic E-state index is 5.93. The van der Waals surface area contributed by atoms with Crippen molar-refractivity contribution in [1.29, 1.82) is 0 Å². The van der Waals surface area contributed by atoms with Gasteiger partial charge in [-0.05, 0) is 79.2 Å². The number of para-hydroxylation sites is 1. The van der Waals surface area contributed by atoms with Crippen molar-refractivity contribution in [3.05, 3.63) is 65.2 Å². The number of nitrogens with zero attached hydrogens (tertiary/aromatic N) is 5. The number of anilines is 1. The Morgan fingerprint density at radius 1 is 1.13 bits per heavy atom. The number of fused-ring (bicyclic) bond motifs is 3. The van der Waals surface area contributed by atoms with Gasteiger partial charge in [0.15, 0.2) is 10.8 Å². The Labute approximate surface area is 187 Å². The van der Waals surface area contributed by atoms with Crippen molar-refractivity contribution in [2.75, 3.05) is 5.32 Å². The van der Waals surface area contributed by atoms with E-state index in [1.807, 2.05) is 16.6 Å². The molecule has 1 saturated carbocycles. The van der Waals surface area contributed by atoms with Crippen molar-refractivity contribution < 1.29 is 0 Å². The van der Waals surface area contributed by atoms with E-state index in [1.165, 1.54) is 24.0 Å². The maximum atomic E-state index is 5.93. The number of hydrogen-bond donors (Lipinski definition) is 1. The molecule has 2 aromatic heterocycles. The highest BCUT2D eigenvalue weighted by atomic mass is 32.1. The summed E-state index contributed by atoms with van der Waals surface area (Å²) in [4.78, 5) is 2.33.